The van der Waals surface area contributed by atoms with Crippen molar-refractivity contribution in [3.8, 4) is 0 Å². The number of fused-ring (bicyclic) bond motifs is 1. The Labute approximate surface area is 116 Å². The Hall–Kier alpha value is -2.66. The van der Waals surface area contributed by atoms with Crippen molar-refractivity contribution in [2.75, 3.05) is 10.7 Å². The van der Waals surface area contributed by atoms with Crippen LogP contribution in [-0.4, -0.2) is 9.97 Å². The molecule has 5 heteroatoms. The van der Waals surface area contributed by atoms with Crippen molar-refractivity contribution in [2.45, 2.75) is 6.54 Å². The van der Waals surface area contributed by atoms with E-state index in [-0.39, 0.29) is 0 Å². The van der Waals surface area contributed by atoms with Gasteiger partial charge in [0.15, 0.2) is 5.82 Å². The largest absolute Gasteiger partial charge is 0.365 e. The Kier molecular flexibility index (Phi) is 3.43. The molecule has 0 spiro atoms. The van der Waals surface area contributed by atoms with Crippen molar-refractivity contribution < 1.29 is 0 Å². The molecule has 0 radical (unpaired) electrons. The van der Waals surface area contributed by atoms with Crippen molar-refractivity contribution >= 4 is 22.4 Å². The van der Waals surface area contributed by atoms with Crippen LogP contribution in [0.4, 0.5) is 11.6 Å². The SMILES string of the molecule is NNc1cncc(NCc2cccc3ccccc23)n1. The Morgan fingerprint density at radius 3 is 2.65 bits per heavy atom. The fraction of sp³-hybridized carbons (Fsp3) is 0.0667. The number of hydrogen-bond donors (Lipinski definition) is 3. The third-order valence-electron chi connectivity index (χ3n) is 3.12. The number of nitrogen functional groups attached to an aromatic ring is 1. The maximum atomic E-state index is 5.32. The van der Waals surface area contributed by atoms with E-state index in [9.17, 15) is 0 Å². The average molecular weight is 265 g/mol. The van der Waals surface area contributed by atoms with Crippen molar-refractivity contribution in [3.63, 3.8) is 0 Å². The van der Waals surface area contributed by atoms with E-state index in [1.54, 1.807) is 12.4 Å². The monoisotopic (exact) mass is 265 g/mol. The molecular weight excluding hydrogens is 250 g/mol. The van der Waals surface area contributed by atoms with Crippen LogP contribution in [0.1, 0.15) is 5.56 Å². The van der Waals surface area contributed by atoms with Gasteiger partial charge in [-0.3, -0.25) is 4.98 Å². The van der Waals surface area contributed by atoms with Crippen molar-refractivity contribution in [2.24, 2.45) is 5.84 Å². The van der Waals surface area contributed by atoms with Crippen LogP contribution in [0.25, 0.3) is 10.8 Å². The summed E-state index contributed by atoms with van der Waals surface area (Å²) in [6.45, 7) is 0.685. The molecule has 0 unspecified atom stereocenters. The summed E-state index contributed by atoms with van der Waals surface area (Å²) < 4.78 is 0. The molecule has 0 saturated heterocycles. The van der Waals surface area contributed by atoms with E-state index >= 15 is 0 Å². The molecule has 3 rings (SSSR count). The van der Waals surface area contributed by atoms with E-state index in [0.717, 1.165) is 0 Å². The van der Waals surface area contributed by atoms with Gasteiger partial charge >= 0.3 is 0 Å². The van der Waals surface area contributed by atoms with E-state index in [4.69, 9.17) is 5.84 Å². The number of anilines is 2. The molecule has 2 aromatic carbocycles. The van der Waals surface area contributed by atoms with Crippen molar-refractivity contribution in [1.29, 1.82) is 0 Å². The fourth-order valence-electron chi connectivity index (χ4n) is 2.15. The normalized spacial score (nSPS) is 10.4. The minimum Gasteiger partial charge on any atom is -0.365 e. The lowest BCUT2D eigenvalue weighted by Crippen LogP contribution is -2.10. The Morgan fingerprint density at radius 2 is 1.75 bits per heavy atom. The topological polar surface area (TPSA) is 75.9 Å². The molecule has 0 fully saturated rings. The Morgan fingerprint density at radius 1 is 0.950 bits per heavy atom. The summed E-state index contributed by atoms with van der Waals surface area (Å²) in [5.74, 6) is 6.54. The molecule has 0 saturated carbocycles. The van der Waals surface area contributed by atoms with Crippen LogP contribution in [0.3, 0.4) is 0 Å². The minimum absolute atomic E-state index is 0.535. The number of benzene rings is 2. The van der Waals surface area contributed by atoms with Crippen LogP contribution >= 0.6 is 0 Å². The first-order valence-corrected chi connectivity index (χ1v) is 6.36. The van der Waals surface area contributed by atoms with Gasteiger partial charge in [0.25, 0.3) is 0 Å². The van der Waals surface area contributed by atoms with Gasteiger partial charge in [-0.25, -0.2) is 10.8 Å². The predicted molar refractivity (Wildman–Crippen MR) is 81.1 cm³/mol. The summed E-state index contributed by atoms with van der Waals surface area (Å²) >= 11 is 0. The summed E-state index contributed by atoms with van der Waals surface area (Å²) in [5, 5.41) is 5.73. The number of aromatic nitrogens is 2. The first kappa shape index (κ1) is 12.4. The smallest absolute Gasteiger partial charge is 0.160 e. The summed E-state index contributed by atoms with van der Waals surface area (Å²) in [6, 6.07) is 14.6. The highest BCUT2D eigenvalue weighted by atomic mass is 15.3. The second-order valence-electron chi connectivity index (χ2n) is 4.43. The second-order valence-corrected chi connectivity index (χ2v) is 4.43. The molecule has 0 amide bonds. The average Bonchev–Trinajstić information content (AvgIpc) is 2.53. The number of nitrogens with two attached hydrogens (primary N) is 1. The summed E-state index contributed by atoms with van der Waals surface area (Å²) in [7, 11) is 0. The molecule has 100 valence electrons. The predicted octanol–water partition coefficient (Wildman–Crippen LogP) is 2.53. The summed E-state index contributed by atoms with van der Waals surface area (Å²) in [6.07, 6.45) is 3.25. The van der Waals surface area contributed by atoms with E-state index < -0.39 is 0 Å². The molecule has 5 nitrogen and oxygen atoms in total. The summed E-state index contributed by atoms with van der Waals surface area (Å²) in [4.78, 5) is 8.34. The van der Waals surface area contributed by atoms with Crippen LogP contribution in [0.15, 0.2) is 54.9 Å². The van der Waals surface area contributed by atoms with E-state index in [1.807, 2.05) is 12.1 Å². The quantitative estimate of drug-likeness (QED) is 0.499. The first-order chi connectivity index (χ1) is 9.86. The minimum atomic E-state index is 0.535. The highest BCUT2D eigenvalue weighted by molar-refractivity contribution is 5.85. The summed E-state index contributed by atoms with van der Waals surface area (Å²) in [5.41, 5.74) is 3.70. The molecule has 3 aromatic rings. The fourth-order valence-corrected chi connectivity index (χ4v) is 2.15. The molecule has 0 aliphatic heterocycles. The maximum absolute atomic E-state index is 5.32. The molecule has 1 aromatic heterocycles. The lowest BCUT2D eigenvalue weighted by atomic mass is 10.0. The lowest BCUT2D eigenvalue weighted by molar-refractivity contribution is 1.09. The number of nitrogens with one attached hydrogen (secondary N) is 2. The second kappa shape index (κ2) is 5.54. The van der Waals surface area contributed by atoms with E-state index in [0.29, 0.717) is 18.2 Å². The molecule has 20 heavy (non-hydrogen) atoms. The van der Waals surface area contributed by atoms with Gasteiger partial charge in [0, 0.05) is 6.54 Å². The van der Waals surface area contributed by atoms with Crippen LogP contribution in [0, 0.1) is 0 Å². The number of hydrogen-bond acceptors (Lipinski definition) is 5. The number of rotatable bonds is 4. The van der Waals surface area contributed by atoms with Crippen LogP contribution in [-0.2, 0) is 6.54 Å². The first-order valence-electron chi connectivity index (χ1n) is 6.36. The maximum Gasteiger partial charge on any atom is 0.160 e. The number of hydrazine groups is 1. The zero-order valence-electron chi connectivity index (χ0n) is 10.9. The molecule has 0 atom stereocenters. The highest BCUT2D eigenvalue weighted by Crippen LogP contribution is 2.19. The molecule has 1 heterocycles. The van der Waals surface area contributed by atoms with Gasteiger partial charge in [0.2, 0.25) is 0 Å². The molecule has 0 aliphatic carbocycles. The van der Waals surface area contributed by atoms with Crippen molar-refractivity contribution in [3.05, 3.63) is 60.4 Å². The Bertz CT molecular complexity index is 721. The van der Waals surface area contributed by atoms with Crippen LogP contribution in [0.5, 0.6) is 0 Å². The standard InChI is InChI=1S/C15H15N5/c16-20-15-10-17-9-14(19-15)18-8-12-6-3-5-11-4-1-2-7-13(11)12/h1-7,9-10H,8,16H2,(H2,18,19,20). The van der Waals surface area contributed by atoms with Gasteiger partial charge in [-0.1, -0.05) is 42.5 Å². The Balaban J connectivity index is 1.83. The third-order valence-corrected chi connectivity index (χ3v) is 3.12. The highest BCUT2D eigenvalue weighted by Gasteiger charge is 2.01. The third kappa shape index (κ3) is 2.53. The zero-order valence-corrected chi connectivity index (χ0v) is 10.9. The van der Waals surface area contributed by atoms with Gasteiger partial charge in [-0.05, 0) is 16.3 Å². The molecule has 4 N–H and O–H groups in total. The van der Waals surface area contributed by atoms with Gasteiger partial charge < -0.3 is 10.7 Å². The molecule has 0 bridgehead atoms. The van der Waals surface area contributed by atoms with Crippen LogP contribution < -0.4 is 16.6 Å². The molecule has 0 aliphatic rings. The number of nitrogens with zero attached hydrogens (tertiary/aromatic N) is 2. The molecular formula is C15H15N5. The zero-order chi connectivity index (χ0) is 13.8. The van der Waals surface area contributed by atoms with E-state index in [2.05, 4.69) is 51.0 Å². The van der Waals surface area contributed by atoms with Crippen LogP contribution in [0.2, 0.25) is 0 Å². The van der Waals surface area contributed by atoms with Gasteiger partial charge in [-0.2, -0.15) is 0 Å². The van der Waals surface area contributed by atoms with Gasteiger partial charge in [0.1, 0.15) is 5.82 Å². The van der Waals surface area contributed by atoms with Gasteiger partial charge in [-0.15, -0.1) is 0 Å². The van der Waals surface area contributed by atoms with Gasteiger partial charge in [0.05, 0.1) is 12.4 Å². The van der Waals surface area contributed by atoms with Crippen molar-refractivity contribution in [1.82, 2.24) is 9.97 Å². The van der Waals surface area contributed by atoms with E-state index in [1.165, 1.54) is 16.3 Å². The lowest BCUT2D eigenvalue weighted by Gasteiger charge is -2.09.